The number of fused-ring (bicyclic) bond motifs is 1. The molecule has 0 spiro atoms. The normalized spacial score (nSPS) is 13.8. The molecule has 0 radical (unpaired) electrons. The van der Waals surface area contributed by atoms with Crippen LogP contribution in [-0.4, -0.2) is 54.4 Å². The lowest BCUT2D eigenvalue weighted by molar-refractivity contribution is -0.134. The van der Waals surface area contributed by atoms with Gasteiger partial charge in [0, 0.05) is 17.7 Å². The monoisotopic (exact) mass is 556 g/mol. The van der Waals surface area contributed by atoms with Gasteiger partial charge in [-0.1, -0.05) is 35.9 Å². The fourth-order valence-electron chi connectivity index (χ4n) is 4.58. The van der Waals surface area contributed by atoms with Crippen molar-refractivity contribution in [3.8, 4) is 0 Å². The quantitative estimate of drug-likeness (QED) is 0.313. The summed E-state index contributed by atoms with van der Waals surface area (Å²) in [4.78, 5) is 24.4. The number of alkyl carbamates (subject to hydrolysis) is 1. The summed E-state index contributed by atoms with van der Waals surface area (Å²) in [7, 11) is -2.77. The van der Waals surface area contributed by atoms with Crippen LogP contribution in [0.15, 0.2) is 59.6 Å². The molecule has 0 saturated heterocycles. The van der Waals surface area contributed by atoms with Crippen molar-refractivity contribution in [3.63, 3.8) is 0 Å². The van der Waals surface area contributed by atoms with Crippen LogP contribution in [0.5, 0.6) is 0 Å². The van der Waals surface area contributed by atoms with E-state index in [0.717, 1.165) is 11.6 Å². The van der Waals surface area contributed by atoms with Crippen molar-refractivity contribution in [2.45, 2.75) is 70.6 Å². The van der Waals surface area contributed by atoms with Crippen LogP contribution in [0.3, 0.4) is 0 Å². The molecule has 3 rings (SSSR count). The second-order valence-corrected chi connectivity index (χ2v) is 12.3. The summed E-state index contributed by atoms with van der Waals surface area (Å²) >= 11 is 0. The third kappa shape index (κ3) is 7.07. The minimum Gasteiger partial charge on any atom is -0.466 e. The Kier molecular flexibility index (Phi) is 8.92. The predicted octanol–water partition coefficient (Wildman–Crippen LogP) is 4.33. The SMILES string of the molecule is COC(=O)/C=C/[C@@H](O)[C@H](Cc1cn(S(=O)(=O)c2c(C)cc(C)cc2C)c2ccccc12)NC(=O)OC(C)(C)C. The van der Waals surface area contributed by atoms with Gasteiger partial charge < -0.3 is 19.9 Å². The maximum atomic E-state index is 13.9. The number of methoxy groups -OCH3 is 1. The molecular weight excluding hydrogens is 520 g/mol. The molecule has 0 bridgehead atoms. The Bertz CT molecular complexity index is 1490. The first kappa shape index (κ1) is 29.9. The van der Waals surface area contributed by atoms with Crippen LogP contribution in [0.4, 0.5) is 4.79 Å². The average Bonchev–Trinajstić information content (AvgIpc) is 3.19. The van der Waals surface area contributed by atoms with Crippen LogP contribution in [-0.2, 0) is 30.7 Å². The predicted molar refractivity (Wildman–Crippen MR) is 149 cm³/mol. The molecule has 10 heteroatoms. The highest BCUT2D eigenvalue weighted by molar-refractivity contribution is 7.90. The van der Waals surface area contributed by atoms with E-state index in [0.29, 0.717) is 27.6 Å². The van der Waals surface area contributed by atoms with Crippen LogP contribution in [0, 0.1) is 20.8 Å². The Morgan fingerprint density at radius 1 is 1.10 bits per heavy atom. The van der Waals surface area contributed by atoms with Gasteiger partial charge in [0.2, 0.25) is 0 Å². The van der Waals surface area contributed by atoms with Gasteiger partial charge in [-0.2, -0.15) is 0 Å². The standard InChI is InChI=1S/C29H36N2O7S/c1-18-14-19(2)27(20(3)15-18)39(35,36)31-17-21(22-10-8-9-11-24(22)31)16-23(25(32)12-13-26(33)37-7)30-28(34)38-29(4,5)6/h8-15,17,23,25,32H,16H2,1-7H3,(H,30,34)/b13-12+/t23-,25+/m0/s1. The van der Waals surface area contributed by atoms with Crippen molar-refractivity contribution in [1.29, 1.82) is 0 Å². The van der Waals surface area contributed by atoms with Crippen LogP contribution >= 0.6 is 0 Å². The van der Waals surface area contributed by atoms with Gasteiger partial charge in [-0.3, -0.25) is 0 Å². The van der Waals surface area contributed by atoms with Crippen molar-refractivity contribution >= 4 is 33.0 Å². The van der Waals surface area contributed by atoms with Crippen molar-refractivity contribution in [2.24, 2.45) is 0 Å². The number of benzene rings is 2. The summed E-state index contributed by atoms with van der Waals surface area (Å²) in [6.45, 7) is 10.6. The van der Waals surface area contributed by atoms with Crippen LogP contribution in [0.25, 0.3) is 10.9 Å². The highest BCUT2D eigenvalue weighted by Crippen LogP contribution is 2.30. The summed E-state index contributed by atoms with van der Waals surface area (Å²) in [5.41, 5.74) is 2.49. The third-order valence-electron chi connectivity index (χ3n) is 6.07. The maximum Gasteiger partial charge on any atom is 0.407 e. The minimum absolute atomic E-state index is 0.0425. The van der Waals surface area contributed by atoms with Gasteiger partial charge in [0.25, 0.3) is 10.0 Å². The molecule has 1 aromatic heterocycles. The number of para-hydroxylation sites is 1. The molecule has 1 heterocycles. The topological polar surface area (TPSA) is 124 Å². The summed E-state index contributed by atoms with van der Waals surface area (Å²) in [6, 6.07) is 9.73. The molecule has 2 aromatic carbocycles. The van der Waals surface area contributed by atoms with E-state index >= 15 is 0 Å². The molecule has 0 fully saturated rings. The van der Waals surface area contributed by atoms with Crippen molar-refractivity contribution in [3.05, 3.63) is 77.0 Å². The molecule has 0 saturated carbocycles. The summed E-state index contributed by atoms with van der Waals surface area (Å²) in [5.74, 6) is -0.670. The maximum absolute atomic E-state index is 13.9. The lowest BCUT2D eigenvalue weighted by Crippen LogP contribution is -2.46. The highest BCUT2D eigenvalue weighted by atomic mass is 32.2. The van der Waals surface area contributed by atoms with E-state index in [9.17, 15) is 23.1 Å². The van der Waals surface area contributed by atoms with Gasteiger partial charge in [-0.05, 0) is 76.8 Å². The Morgan fingerprint density at radius 3 is 2.31 bits per heavy atom. The Labute approximate surface area is 229 Å². The van der Waals surface area contributed by atoms with Gasteiger partial charge >= 0.3 is 12.1 Å². The van der Waals surface area contributed by atoms with Gasteiger partial charge in [0.15, 0.2) is 0 Å². The average molecular weight is 557 g/mol. The smallest absolute Gasteiger partial charge is 0.407 e. The molecule has 2 N–H and O–H groups in total. The molecule has 1 amide bonds. The van der Waals surface area contributed by atoms with Crippen molar-refractivity contribution < 1.29 is 32.6 Å². The molecule has 0 unspecified atom stereocenters. The summed E-state index contributed by atoms with van der Waals surface area (Å²) < 4.78 is 39.1. The number of carbonyl (C=O) groups is 2. The summed E-state index contributed by atoms with van der Waals surface area (Å²) in [5, 5.41) is 14.2. The summed E-state index contributed by atoms with van der Waals surface area (Å²) in [6.07, 6.45) is 1.76. The van der Waals surface area contributed by atoms with Gasteiger partial charge in [0.05, 0.1) is 29.7 Å². The van der Waals surface area contributed by atoms with Crippen molar-refractivity contribution in [1.82, 2.24) is 9.29 Å². The fourth-order valence-corrected chi connectivity index (χ4v) is 6.40. The van der Waals surface area contributed by atoms with E-state index in [1.165, 1.54) is 23.4 Å². The first-order chi connectivity index (χ1) is 18.1. The van der Waals surface area contributed by atoms with Gasteiger partial charge in [0.1, 0.15) is 5.60 Å². The van der Waals surface area contributed by atoms with Gasteiger partial charge in [-0.15, -0.1) is 0 Å². The molecule has 2 atom stereocenters. The second kappa shape index (κ2) is 11.6. The number of aliphatic hydroxyl groups excluding tert-OH is 1. The number of esters is 1. The number of ether oxygens (including phenoxy) is 2. The molecule has 0 aliphatic rings. The van der Waals surface area contributed by atoms with Crippen LogP contribution in [0.2, 0.25) is 0 Å². The molecule has 9 nitrogen and oxygen atoms in total. The molecule has 0 aliphatic carbocycles. The lowest BCUT2D eigenvalue weighted by atomic mass is 10.0. The largest absolute Gasteiger partial charge is 0.466 e. The Balaban J connectivity index is 2.09. The number of aryl methyl sites for hydroxylation is 3. The molecule has 210 valence electrons. The number of nitrogens with zero attached hydrogens (tertiary/aromatic N) is 1. The molecule has 0 aliphatic heterocycles. The van der Waals surface area contributed by atoms with Crippen LogP contribution in [0.1, 0.15) is 43.0 Å². The third-order valence-corrected chi connectivity index (χ3v) is 8.05. The number of hydrogen-bond donors (Lipinski definition) is 2. The number of rotatable bonds is 8. The molecular formula is C29H36N2O7S. The van der Waals surface area contributed by atoms with E-state index < -0.39 is 39.8 Å². The van der Waals surface area contributed by atoms with E-state index in [1.807, 2.05) is 19.1 Å². The number of hydrogen-bond acceptors (Lipinski definition) is 7. The first-order valence-electron chi connectivity index (χ1n) is 12.5. The van der Waals surface area contributed by atoms with E-state index in [2.05, 4.69) is 10.1 Å². The number of carbonyl (C=O) groups excluding carboxylic acids is 2. The zero-order valence-electron chi connectivity index (χ0n) is 23.3. The highest BCUT2D eigenvalue weighted by Gasteiger charge is 2.28. The molecule has 39 heavy (non-hydrogen) atoms. The fraction of sp³-hybridized carbons (Fsp3) is 0.379. The minimum atomic E-state index is -3.98. The number of nitrogens with one attached hydrogen (secondary N) is 1. The van der Waals surface area contributed by atoms with Gasteiger partial charge in [-0.25, -0.2) is 22.0 Å². The zero-order valence-corrected chi connectivity index (χ0v) is 24.1. The van der Waals surface area contributed by atoms with Crippen LogP contribution < -0.4 is 5.32 Å². The van der Waals surface area contributed by atoms with E-state index in [4.69, 9.17) is 4.74 Å². The number of amides is 1. The van der Waals surface area contributed by atoms with E-state index in [1.54, 1.807) is 58.9 Å². The van der Waals surface area contributed by atoms with Crippen molar-refractivity contribution in [2.75, 3.05) is 7.11 Å². The first-order valence-corrected chi connectivity index (χ1v) is 13.9. The Morgan fingerprint density at radius 2 is 1.72 bits per heavy atom. The number of aromatic nitrogens is 1. The zero-order chi connectivity index (χ0) is 29.1. The molecule has 3 aromatic rings. The Hall–Kier alpha value is -3.63. The second-order valence-electron chi connectivity index (χ2n) is 10.5. The van der Waals surface area contributed by atoms with E-state index in [-0.39, 0.29) is 11.3 Å². The lowest BCUT2D eigenvalue weighted by Gasteiger charge is -2.25. The number of aliphatic hydroxyl groups is 1.